The van der Waals surface area contributed by atoms with Gasteiger partial charge in [0, 0.05) is 24.0 Å². The van der Waals surface area contributed by atoms with Crippen molar-refractivity contribution in [3.8, 4) is 10.6 Å². The second kappa shape index (κ2) is 7.42. The van der Waals surface area contributed by atoms with Crippen molar-refractivity contribution in [1.82, 2.24) is 9.88 Å². The smallest absolute Gasteiger partial charge is 0.273 e. The Morgan fingerprint density at radius 2 is 1.73 bits per heavy atom. The molecule has 0 bridgehead atoms. The average Bonchev–Trinajstić information content (AvgIpc) is 3.19. The lowest BCUT2D eigenvalue weighted by molar-refractivity contribution is 0.0708. The Labute approximate surface area is 158 Å². The van der Waals surface area contributed by atoms with Crippen LogP contribution in [0.5, 0.6) is 0 Å². The molecular weight excluding hydrogens is 340 g/mol. The molecular formula is C22H22N2OS. The summed E-state index contributed by atoms with van der Waals surface area (Å²) in [5.74, 6) is 0.616. The van der Waals surface area contributed by atoms with E-state index in [4.69, 9.17) is 0 Å². The number of benzene rings is 2. The quantitative estimate of drug-likeness (QED) is 0.646. The summed E-state index contributed by atoms with van der Waals surface area (Å²) in [6.07, 6.45) is 2.04. The van der Waals surface area contributed by atoms with Crippen molar-refractivity contribution in [3.63, 3.8) is 0 Å². The van der Waals surface area contributed by atoms with E-state index in [1.807, 2.05) is 10.3 Å². The first-order valence-electron chi connectivity index (χ1n) is 9.07. The van der Waals surface area contributed by atoms with E-state index >= 15 is 0 Å². The van der Waals surface area contributed by atoms with E-state index in [0.29, 0.717) is 11.6 Å². The first kappa shape index (κ1) is 17.0. The number of likely N-dealkylation sites (tertiary alicyclic amines) is 1. The number of aryl methyl sites for hydroxylation is 1. The zero-order valence-corrected chi connectivity index (χ0v) is 15.7. The Kier molecular flexibility index (Phi) is 4.85. The van der Waals surface area contributed by atoms with Gasteiger partial charge in [-0.2, -0.15) is 0 Å². The second-order valence-electron chi connectivity index (χ2n) is 6.88. The molecule has 0 spiro atoms. The fraction of sp³-hybridized carbons (Fsp3) is 0.273. The number of hydrogen-bond donors (Lipinski definition) is 0. The molecule has 0 unspecified atom stereocenters. The Morgan fingerprint density at radius 1 is 1.04 bits per heavy atom. The predicted octanol–water partition coefficient (Wildman–Crippen LogP) is 5.14. The standard InChI is InChI=1S/C22H22N2OS/c1-16-7-9-19(10-8-16)21-23-20(15-26-21)22(25)24-13-11-18(12-14-24)17-5-3-2-4-6-17/h2-10,15,18H,11-14H2,1H3. The summed E-state index contributed by atoms with van der Waals surface area (Å²) in [4.78, 5) is 19.4. The van der Waals surface area contributed by atoms with Gasteiger partial charge < -0.3 is 4.90 Å². The fourth-order valence-electron chi connectivity index (χ4n) is 3.50. The molecule has 1 amide bonds. The number of aromatic nitrogens is 1. The summed E-state index contributed by atoms with van der Waals surface area (Å²) in [6, 6.07) is 18.9. The third kappa shape index (κ3) is 3.56. The molecule has 2 heterocycles. The molecule has 3 aromatic rings. The SMILES string of the molecule is Cc1ccc(-c2nc(C(=O)N3CCC(c4ccccc4)CC3)cs2)cc1. The van der Waals surface area contributed by atoms with Crippen LogP contribution in [0.15, 0.2) is 60.0 Å². The van der Waals surface area contributed by atoms with Gasteiger partial charge >= 0.3 is 0 Å². The Hall–Kier alpha value is -2.46. The van der Waals surface area contributed by atoms with Crippen molar-refractivity contribution >= 4 is 17.2 Å². The highest BCUT2D eigenvalue weighted by Crippen LogP contribution is 2.29. The van der Waals surface area contributed by atoms with Crippen LogP contribution in [0, 0.1) is 6.92 Å². The highest BCUT2D eigenvalue weighted by Gasteiger charge is 2.25. The number of rotatable bonds is 3. The summed E-state index contributed by atoms with van der Waals surface area (Å²) < 4.78 is 0. The van der Waals surface area contributed by atoms with Gasteiger partial charge in [-0.25, -0.2) is 4.98 Å². The summed E-state index contributed by atoms with van der Waals surface area (Å²) >= 11 is 1.54. The first-order chi connectivity index (χ1) is 12.7. The Balaban J connectivity index is 1.42. The highest BCUT2D eigenvalue weighted by molar-refractivity contribution is 7.13. The lowest BCUT2D eigenvalue weighted by Crippen LogP contribution is -2.38. The van der Waals surface area contributed by atoms with Gasteiger partial charge in [0.1, 0.15) is 10.7 Å². The minimum Gasteiger partial charge on any atom is -0.337 e. The molecule has 1 aromatic heterocycles. The van der Waals surface area contributed by atoms with Gasteiger partial charge in [0.05, 0.1) is 0 Å². The van der Waals surface area contributed by atoms with Crippen molar-refractivity contribution in [2.45, 2.75) is 25.7 Å². The van der Waals surface area contributed by atoms with Gasteiger partial charge in [-0.15, -0.1) is 11.3 Å². The van der Waals surface area contributed by atoms with Crippen LogP contribution in [0.25, 0.3) is 10.6 Å². The van der Waals surface area contributed by atoms with Crippen LogP contribution >= 0.6 is 11.3 Å². The largest absolute Gasteiger partial charge is 0.337 e. The maximum absolute atomic E-state index is 12.8. The fourth-order valence-corrected chi connectivity index (χ4v) is 4.30. The molecule has 0 saturated carbocycles. The zero-order valence-electron chi connectivity index (χ0n) is 14.9. The topological polar surface area (TPSA) is 33.2 Å². The van der Waals surface area contributed by atoms with E-state index in [-0.39, 0.29) is 5.91 Å². The minimum absolute atomic E-state index is 0.0612. The minimum atomic E-state index is 0.0612. The molecule has 1 aliphatic rings. The van der Waals surface area contributed by atoms with Crippen LogP contribution < -0.4 is 0 Å². The Bertz CT molecular complexity index is 878. The number of thiazole rings is 1. The van der Waals surface area contributed by atoms with Gasteiger partial charge in [0.15, 0.2) is 0 Å². The van der Waals surface area contributed by atoms with Gasteiger partial charge in [-0.1, -0.05) is 60.2 Å². The highest BCUT2D eigenvalue weighted by atomic mass is 32.1. The van der Waals surface area contributed by atoms with Gasteiger partial charge in [-0.3, -0.25) is 4.79 Å². The van der Waals surface area contributed by atoms with Crippen LogP contribution in [-0.2, 0) is 0 Å². The summed E-state index contributed by atoms with van der Waals surface area (Å²) in [6.45, 7) is 3.67. The van der Waals surface area contributed by atoms with Crippen LogP contribution in [0.1, 0.15) is 40.4 Å². The molecule has 0 aliphatic carbocycles. The molecule has 0 N–H and O–H groups in total. The number of amides is 1. The van der Waals surface area contributed by atoms with E-state index in [1.165, 1.54) is 22.5 Å². The van der Waals surface area contributed by atoms with Crippen LogP contribution in [0.4, 0.5) is 0 Å². The molecule has 2 aromatic carbocycles. The van der Waals surface area contributed by atoms with Crippen molar-refractivity contribution in [2.24, 2.45) is 0 Å². The maximum atomic E-state index is 12.8. The molecule has 0 radical (unpaired) electrons. The third-order valence-corrected chi connectivity index (χ3v) is 5.97. The summed E-state index contributed by atoms with van der Waals surface area (Å²) in [5.41, 5.74) is 4.25. The first-order valence-corrected chi connectivity index (χ1v) is 9.95. The monoisotopic (exact) mass is 362 g/mol. The van der Waals surface area contributed by atoms with E-state index < -0.39 is 0 Å². The van der Waals surface area contributed by atoms with E-state index in [9.17, 15) is 4.79 Å². The van der Waals surface area contributed by atoms with Gasteiger partial charge in [0.25, 0.3) is 5.91 Å². The Morgan fingerprint density at radius 3 is 2.42 bits per heavy atom. The number of carbonyl (C=O) groups is 1. The molecule has 1 saturated heterocycles. The summed E-state index contributed by atoms with van der Waals surface area (Å²) in [5, 5.41) is 2.80. The van der Waals surface area contributed by atoms with Crippen molar-refractivity contribution < 1.29 is 4.79 Å². The lowest BCUT2D eigenvalue weighted by Gasteiger charge is -2.31. The van der Waals surface area contributed by atoms with Crippen LogP contribution in [0.2, 0.25) is 0 Å². The van der Waals surface area contributed by atoms with Gasteiger partial charge in [0.2, 0.25) is 0 Å². The molecule has 132 valence electrons. The third-order valence-electron chi connectivity index (χ3n) is 5.07. The van der Waals surface area contributed by atoms with Crippen LogP contribution in [-0.4, -0.2) is 28.9 Å². The predicted molar refractivity (Wildman–Crippen MR) is 107 cm³/mol. The molecule has 3 nitrogen and oxygen atoms in total. The number of piperidine rings is 1. The number of carbonyl (C=O) groups excluding carboxylic acids is 1. The number of nitrogens with zero attached hydrogens (tertiary/aromatic N) is 2. The van der Waals surface area contributed by atoms with E-state index in [2.05, 4.69) is 66.5 Å². The second-order valence-corrected chi connectivity index (χ2v) is 7.74. The molecule has 4 rings (SSSR count). The van der Waals surface area contributed by atoms with Crippen molar-refractivity contribution in [2.75, 3.05) is 13.1 Å². The van der Waals surface area contributed by atoms with E-state index in [0.717, 1.165) is 36.5 Å². The zero-order chi connectivity index (χ0) is 17.9. The van der Waals surface area contributed by atoms with Crippen molar-refractivity contribution in [1.29, 1.82) is 0 Å². The molecule has 26 heavy (non-hydrogen) atoms. The number of hydrogen-bond acceptors (Lipinski definition) is 3. The maximum Gasteiger partial charge on any atom is 0.273 e. The van der Waals surface area contributed by atoms with Crippen LogP contribution in [0.3, 0.4) is 0 Å². The molecule has 0 atom stereocenters. The normalized spacial score (nSPS) is 15.2. The van der Waals surface area contributed by atoms with E-state index in [1.54, 1.807) is 0 Å². The van der Waals surface area contributed by atoms with Gasteiger partial charge in [-0.05, 0) is 31.2 Å². The van der Waals surface area contributed by atoms with Crippen molar-refractivity contribution in [3.05, 3.63) is 76.8 Å². The molecule has 1 fully saturated rings. The molecule has 4 heteroatoms. The average molecular weight is 362 g/mol. The molecule has 1 aliphatic heterocycles. The lowest BCUT2D eigenvalue weighted by atomic mass is 9.89. The summed E-state index contributed by atoms with van der Waals surface area (Å²) in [7, 11) is 0.